The molecule has 0 unspecified atom stereocenters. The minimum Gasteiger partial charge on any atom is -0.508 e. The Morgan fingerprint density at radius 3 is 2.44 bits per heavy atom. The lowest BCUT2D eigenvalue weighted by Gasteiger charge is -2.07. The van der Waals surface area contributed by atoms with Gasteiger partial charge in [-0.1, -0.05) is 0 Å². The average molecular weight is 262 g/mol. The first-order valence-electron chi connectivity index (χ1n) is 5.47. The van der Waals surface area contributed by atoms with E-state index in [0.29, 0.717) is 4.88 Å². The van der Waals surface area contributed by atoms with Gasteiger partial charge in [0.2, 0.25) is 0 Å². The van der Waals surface area contributed by atoms with Gasteiger partial charge in [-0.3, -0.25) is 4.79 Å². The van der Waals surface area contributed by atoms with Gasteiger partial charge < -0.3 is 10.0 Å². The molecule has 0 saturated heterocycles. The highest BCUT2D eigenvalue weighted by Crippen LogP contribution is 2.29. The second-order valence-corrected chi connectivity index (χ2v) is 5.18. The summed E-state index contributed by atoms with van der Waals surface area (Å²) in [5.74, 6) is 0.187. The van der Waals surface area contributed by atoms with Crippen molar-refractivity contribution < 1.29 is 9.90 Å². The van der Waals surface area contributed by atoms with Gasteiger partial charge in [-0.05, 0) is 31.2 Å². The summed E-state index contributed by atoms with van der Waals surface area (Å²) >= 11 is 1.37. The van der Waals surface area contributed by atoms with Crippen LogP contribution in [0.4, 0.5) is 0 Å². The number of phenolic OH excluding ortho intramolecular Hbond substituents is 1. The molecule has 0 atom stereocenters. The molecule has 0 radical (unpaired) electrons. The second-order valence-electron chi connectivity index (χ2n) is 4.18. The van der Waals surface area contributed by atoms with Crippen molar-refractivity contribution >= 4 is 17.2 Å². The summed E-state index contributed by atoms with van der Waals surface area (Å²) in [7, 11) is 3.45. The number of nitrogens with zero attached hydrogens (tertiary/aromatic N) is 2. The molecule has 2 aromatic rings. The van der Waals surface area contributed by atoms with Gasteiger partial charge >= 0.3 is 0 Å². The van der Waals surface area contributed by atoms with Crippen molar-refractivity contribution in [2.45, 2.75) is 6.92 Å². The standard InChI is InChI=1S/C13H14N2O2S/c1-8-11(13(17)15(2)3)18-12(14-8)9-4-6-10(16)7-5-9/h4-7,16H,1-3H3. The molecule has 2 rings (SSSR count). The number of aromatic nitrogens is 1. The molecule has 0 aliphatic rings. The highest BCUT2D eigenvalue weighted by atomic mass is 32.1. The topological polar surface area (TPSA) is 53.4 Å². The van der Waals surface area contributed by atoms with Crippen LogP contribution in [0.1, 0.15) is 15.4 Å². The minimum atomic E-state index is -0.0324. The van der Waals surface area contributed by atoms with Crippen LogP contribution in [-0.2, 0) is 0 Å². The van der Waals surface area contributed by atoms with Crippen molar-refractivity contribution in [1.82, 2.24) is 9.88 Å². The molecule has 5 heteroatoms. The van der Waals surface area contributed by atoms with E-state index in [4.69, 9.17) is 0 Å². The summed E-state index contributed by atoms with van der Waals surface area (Å²) in [5.41, 5.74) is 1.64. The molecule has 0 aliphatic carbocycles. The monoisotopic (exact) mass is 262 g/mol. The van der Waals surface area contributed by atoms with E-state index >= 15 is 0 Å². The number of hydrogen-bond donors (Lipinski definition) is 1. The van der Waals surface area contributed by atoms with Crippen LogP contribution >= 0.6 is 11.3 Å². The number of aromatic hydroxyl groups is 1. The molecule has 18 heavy (non-hydrogen) atoms. The van der Waals surface area contributed by atoms with E-state index in [1.54, 1.807) is 43.3 Å². The SMILES string of the molecule is Cc1nc(-c2ccc(O)cc2)sc1C(=O)N(C)C. The molecular weight excluding hydrogens is 248 g/mol. The van der Waals surface area contributed by atoms with Crippen LogP contribution < -0.4 is 0 Å². The Balaban J connectivity index is 2.40. The van der Waals surface area contributed by atoms with Gasteiger partial charge in [-0.25, -0.2) is 4.98 Å². The number of benzene rings is 1. The smallest absolute Gasteiger partial charge is 0.265 e. The first-order valence-corrected chi connectivity index (χ1v) is 6.29. The quantitative estimate of drug-likeness (QED) is 0.904. The lowest BCUT2D eigenvalue weighted by Crippen LogP contribution is -2.21. The molecule has 0 bridgehead atoms. The van der Waals surface area contributed by atoms with Gasteiger partial charge in [-0.2, -0.15) is 0 Å². The zero-order chi connectivity index (χ0) is 13.3. The average Bonchev–Trinajstić information content (AvgIpc) is 2.71. The Labute approximate surface area is 110 Å². The van der Waals surface area contributed by atoms with Crippen molar-refractivity contribution in [1.29, 1.82) is 0 Å². The zero-order valence-electron chi connectivity index (χ0n) is 10.5. The number of amides is 1. The van der Waals surface area contributed by atoms with Gasteiger partial charge in [0.25, 0.3) is 5.91 Å². The van der Waals surface area contributed by atoms with Crippen LogP contribution in [0.15, 0.2) is 24.3 Å². The maximum atomic E-state index is 11.9. The first kappa shape index (κ1) is 12.6. The van der Waals surface area contributed by atoms with Gasteiger partial charge in [0.15, 0.2) is 0 Å². The second kappa shape index (κ2) is 4.78. The molecular formula is C13H14N2O2S. The highest BCUT2D eigenvalue weighted by molar-refractivity contribution is 7.17. The van der Waals surface area contributed by atoms with Crippen molar-refractivity contribution in [3.63, 3.8) is 0 Å². The largest absolute Gasteiger partial charge is 0.508 e. The Bertz CT molecular complexity index is 573. The molecule has 4 nitrogen and oxygen atoms in total. The number of carbonyl (C=O) groups excluding carboxylic acids is 1. The lowest BCUT2D eigenvalue weighted by atomic mass is 10.2. The van der Waals surface area contributed by atoms with E-state index in [-0.39, 0.29) is 11.7 Å². The molecule has 1 amide bonds. The summed E-state index contributed by atoms with van der Waals surface area (Å²) in [5, 5.41) is 10.0. The molecule has 1 aromatic heterocycles. The van der Waals surface area contributed by atoms with Crippen molar-refractivity contribution in [3.05, 3.63) is 34.8 Å². The number of thiazole rings is 1. The van der Waals surface area contributed by atoms with E-state index in [1.165, 1.54) is 11.3 Å². The van der Waals surface area contributed by atoms with Gasteiger partial charge in [0.05, 0.1) is 5.69 Å². The molecule has 0 fully saturated rings. The number of rotatable bonds is 2. The van der Waals surface area contributed by atoms with Crippen LogP contribution in [0.3, 0.4) is 0 Å². The van der Waals surface area contributed by atoms with E-state index in [0.717, 1.165) is 16.3 Å². The summed E-state index contributed by atoms with van der Waals surface area (Å²) in [6.07, 6.45) is 0. The van der Waals surface area contributed by atoms with E-state index in [2.05, 4.69) is 4.98 Å². The fourth-order valence-corrected chi connectivity index (χ4v) is 2.62. The minimum absolute atomic E-state index is 0.0324. The van der Waals surface area contributed by atoms with Gasteiger partial charge in [-0.15, -0.1) is 11.3 Å². The first-order chi connectivity index (χ1) is 8.49. The third-order valence-electron chi connectivity index (χ3n) is 2.51. The number of hydrogen-bond acceptors (Lipinski definition) is 4. The molecule has 1 aromatic carbocycles. The van der Waals surface area contributed by atoms with E-state index < -0.39 is 0 Å². The fourth-order valence-electron chi connectivity index (χ4n) is 1.53. The Hall–Kier alpha value is -1.88. The molecule has 1 N–H and O–H groups in total. The van der Waals surface area contributed by atoms with Crippen LogP contribution in [0.2, 0.25) is 0 Å². The molecule has 0 saturated carbocycles. The summed E-state index contributed by atoms with van der Waals surface area (Å²) in [4.78, 5) is 18.5. The molecule has 94 valence electrons. The Kier molecular flexibility index (Phi) is 3.34. The summed E-state index contributed by atoms with van der Waals surface area (Å²) in [6.45, 7) is 1.83. The predicted octanol–water partition coefficient (Wildman–Crippen LogP) is 2.53. The third kappa shape index (κ3) is 2.36. The number of carbonyl (C=O) groups is 1. The van der Waals surface area contributed by atoms with Crippen LogP contribution in [0.5, 0.6) is 5.75 Å². The lowest BCUT2D eigenvalue weighted by molar-refractivity contribution is 0.0831. The summed E-state index contributed by atoms with van der Waals surface area (Å²) < 4.78 is 0. The normalized spacial score (nSPS) is 10.4. The van der Waals surface area contributed by atoms with Crippen LogP contribution in [0, 0.1) is 6.92 Å². The zero-order valence-corrected chi connectivity index (χ0v) is 11.3. The van der Waals surface area contributed by atoms with Crippen molar-refractivity contribution in [2.75, 3.05) is 14.1 Å². The maximum Gasteiger partial charge on any atom is 0.265 e. The Morgan fingerprint density at radius 2 is 1.89 bits per heavy atom. The molecule has 0 aliphatic heterocycles. The van der Waals surface area contributed by atoms with Crippen LogP contribution in [-0.4, -0.2) is 35.0 Å². The van der Waals surface area contributed by atoms with Crippen molar-refractivity contribution in [3.8, 4) is 16.3 Å². The van der Waals surface area contributed by atoms with Gasteiger partial charge in [0.1, 0.15) is 15.6 Å². The number of phenols is 1. The van der Waals surface area contributed by atoms with Crippen LogP contribution in [0.25, 0.3) is 10.6 Å². The fraction of sp³-hybridized carbons (Fsp3) is 0.231. The van der Waals surface area contributed by atoms with Crippen molar-refractivity contribution in [2.24, 2.45) is 0 Å². The van der Waals surface area contributed by atoms with Gasteiger partial charge in [0, 0.05) is 19.7 Å². The Morgan fingerprint density at radius 1 is 1.28 bits per heavy atom. The maximum absolute atomic E-state index is 11.9. The highest BCUT2D eigenvalue weighted by Gasteiger charge is 2.17. The molecule has 1 heterocycles. The predicted molar refractivity (Wildman–Crippen MR) is 72.0 cm³/mol. The van der Waals surface area contributed by atoms with E-state index in [9.17, 15) is 9.90 Å². The van der Waals surface area contributed by atoms with E-state index in [1.807, 2.05) is 6.92 Å². The number of aryl methyl sites for hydroxylation is 1. The third-order valence-corrected chi connectivity index (χ3v) is 3.71. The summed E-state index contributed by atoms with van der Waals surface area (Å²) in [6, 6.07) is 6.80. The molecule has 0 spiro atoms.